The van der Waals surface area contributed by atoms with Gasteiger partial charge in [-0.25, -0.2) is 9.97 Å². The van der Waals surface area contributed by atoms with Gasteiger partial charge in [0.2, 0.25) is 0 Å². The molecule has 0 bridgehead atoms. The number of ketones is 1. The number of carbonyl (C=O) groups excluding carboxylic acids is 1. The van der Waals surface area contributed by atoms with Crippen molar-refractivity contribution in [2.45, 2.75) is 23.8 Å². The van der Waals surface area contributed by atoms with Crippen molar-refractivity contribution in [1.82, 2.24) is 9.97 Å². The van der Waals surface area contributed by atoms with Crippen molar-refractivity contribution in [2.75, 3.05) is 19.0 Å². The van der Waals surface area contributed by atoms with Crippen LogP contribution < -0.4 is 9.47 Å². The number of thioether (sulfide) groups is 1. The summed E-state index contributed by atoms with van der Waals surface area (Å²) >= 11 is 1.48. The summed E-state index contributed by atoms with van der Waals surface area (Å²) in [6.07, 6.45) is 2.30. The first-order valence-electron chi connectivity index (χ1n) is 9.10. The van der Waals surface area contributed by atoms with Crippen LogP contribution in [0.25, 0.3) is 10.9 Å². The SMILES string of the molecule is O=C(CSc1nc(C2CC2)nc2ccccc12)c1ccc2c(c1)OCCO2. The van der Waals surface area contributed by atoms with E-state index in [4.69, 9.17) is 19.4 Å². The average Bonchev–Trinajstić information content (AvgIpc) is 3.56. The van der Waals surface area contributed by atoms with Gasteiger partial charge in [-0.3, -0.25) is 4.79 Å². The van der Waals surface area contributed by atoms with Gasteiger partial charge in [0.25, 0.3) is 0 Å². The molecule has 1 aliphatic carbocycles. The molecule has 0 radical (unpaired) electrons. The highest BCUT2D eigenvalue weighted by Gasteiger charge is 2.27. The number of fused-ring (bicyclic) bond motifs is 2. The highest BCUT2D eigenvalue weighted by atomic mass is 32.2. The fourth-order valence-corrected chi connectivity index (χ4v) is 4.05. The normalized spacial score (nSPS) is 15.7. The Morgan fingerprint density at radius 3 is 2.70 bits per heavy atom. The molecule has 0 N–H and O–H groups in total. The van der Waals surface area contributed by atoms with E-state index in [0.29, 0.717) is 41.9 Å². The minimum Gasteiger partial charge on any atom is -0.486 e. The zero-order valence-electron chi connectivity index (χ0n) is 14.7. The number of benzene rings is 2. The van der Waals surface area contributed by atoms with Crippen molar-refractivity contribution in [2.24, 2.45) is 0 Å². The summed E-state index contributed by atoms with van der Waals surface area (Å²) in [6.45, 7) is 1.05. The number of nitrogens with zero attached hydrogens (tertiary/aromatic N) is 2. The maximum Gasteiger partial charge on any atom is 0.173 e. The summed E-state index contributed by atoms with van der Waals surface area (Å²) in [5, 5.41) is 1.88. The molecule has 2 heterocycles. The highest BCUT2D eigenvalue weighted by Crippen LogP contribution is 2.40. The van der Waals surface area contributed by atoms with Crippen molar-refractivity contribution in [1.29, 1.82) is 0 Å². The van der Waals surface area contributed by atoms with Gasteiger partial charge >= 0.3 is 0 Å². The quantitative estimate of drug-likeness (QED) is 0.376. The molecular formula is C21H18N2O3S. The standard InChI is InChI=1S/C21H18N2O3S/c24-17(14-7-8-18-19(11-14)26-10-9-25-18)12-27-21-15-3-1-2-4-16(15)22-20(23-21)13-5-6-13/h1-4,7-8,11,13H,5-6,9-10,12H2. The van der Waals surface area contributed by atoms with E-state index in [2.05, 4.69) is 0 Å². The number of rotatable bonds is 5. The van der Waals surface area contributed by atoms with Gasteiger partial charge in [0.15, 0.2) is 17.3 Å². The predicted octanol–water partition coefficient (Wildman–Crippen LogP) is 4.25. The van der Waals surface area contributed by atoms with Gasteiger partial charge in [0, 0.05) is 16.9 Å². The molecule has 0 saturated heterocycles. The number of aromatic nitrogens is 2. The van der Waals surface area contributed by atoms with Gasteiger partial charge in [-0.05, 0) is 37.1 Å². The lowest BCUT2D eigenvalue weighted by Crippen LogP contribution is -2.16. The van der Waals surface area contributed by atoms with Crippen LogP contribution in [0.5, 0.6) is 11.5 Å². The van der Waals surface area contributed by atoms with E-state index in [1.54, 1.807) is 18.2 Å². The minimum absolute atomic E-state index is 0.0487. The second kappa shape index (κ2) is 6.85. The molecule has 0 amide bonds. The molecule has 2 aliphatic rings. The van der Waals surface area contributed by atoms with Gasteiger partial charge < -0.3 is 9.47 Å². The first-order chi connectivity index (χ1) is 13.3. The van der Waals surface area contributed by atoms with Crippen LogP contribution in [-0.2, 0) is 0 Å². The molecule has 5 nitrogen and oxygen atoms in total. The maximum absolute atomic E-state index is 12.7. The molecule has 0 unspecified atom stereocenters. The third-order valence-electron chi connectivity index (χ3n) is 4.73. The van der Waals surface area contributed by atoms with Gasteiger partial charge in [-0.2, -0.15) is 0 Å². The molecule has 1 saturated carbocycles. The van der Waals surface area contributed by atoms with Crippen LogP contribution >= 0.6 is 11.8 Å². The van der Waals surface area contributed by atoms with Crippen molar-refractivity contribution in [3.05, 3.63) is 53.9 Å². The molecule has 1 aromatic heterocycles. The van der Waals surface area contributed by atoms with Crippen LogP contribution in [0.4, 0.5) is 0 Å². The number of hydrogen-bond acceptors (Lipinski definition) is 6. The molecule has 27 heavy (non-hydrogen) atoms. The first-order valence-corrected chi connectivity index (χ1v) is 10.1. The van der Waals surface area contributed by atoms with Crippen molar-refractivity contribution in [3.63, 3.8) is 0 Å². The fraction of sp³-hybridized carbons (Fsp3) is 0.286. The van der Waals surface area contributed by atoms with Crippen LogP contribution in [0.15, 0.2) is 47.5 Å². The number of hydrogen-bond donors (Lipinski definition) is 0. The molecule has 136 valence electrons. The fourth-order valence-electron chi connectivity index (χ4n) is 3.13. The molecule has 5 rings (SSSR count). The average molecular weight is 378 g/mol. The number of para-hydroxylation sites is 1. The third kappa shape index (κ3) is 3.37. The summed E-state index contributed by atoms with van der Waals surface area (Å²) in [6, 6.07) is 13.4. The van der Waals surface area contributed by atoms with Crippen LogP contribution in [0.3, 0.4) is 0 Å². The Bertz CT molecular complexity index is 1030. The van der Waals surface area contributed by atoms with Crippen LogP contribution in [0.2, 0.25) is 0 Å². The van der Waals surface area contributed by atoms with E-state index in [9.17, 15) is 4.79 Å². The van der Waals surface area contributed by atoms with Gasteiger partial charge in [0.1, 0.15) is 24.1 Å². The molecule has 2 aromatic carbocycles. The highest BCUT2D eigenvalue weighted by molar-refractivity contribution is 8.00. The molecule has 6 heteroatoms. The van der Waals surface area contributed by atoms with E-state index in [0.717, 1.165) is 34.6 Å². The van der Waals surface area contributed by atoms with Crippen molar-refractivity contribution < 1.29 is 14.3 Å². The second-order valence-corrected chi connectivity index (χ2v) is 7.71. The summed E-state index contributed by atoms with van der Waals surface area (Å²) in [5.74, 6) is 3.09. The monoisotopic (exact) mass is 378 g/mol. The summed E-state index contributed by atoms with van der Waals surface area (Å²) in [7, 11) is 0. The van der Waals surface area contributed by atoms with Crippen molar-refractivity contribution in [3.8, 4) is 11.5 Å². The Labute approximate surface area is 161 Å². The van der Waals surface area contributed by atoms with E-state index in [1.807, 2.05) is 24.3 Å². The Hall–Kier alpha value is -2.60. The third-order valence-corrected chi connectivity index (χ3v) is 5.72. The molecular weight excluding hydrogens is 360 g/mol. The largest absolute Gasteiger partial charge is 0.486 e. The Kier molecular flexibility index (Phi) is 4.20. The van der Waals surface area contributed by atoms with Crippen LogP contribution in [-0.4, -0.2) is 34.7 Å². The molecule has 1 aliphatic heterocycles. The molecule has 0 spiro atoms. The van der Waals surface area contributed by atoms with Gasteiger partial charge in [-0.15, -0.1) is 0 Å². The first kappa shape index (κ1) is 16.6. The Morgan fingerprint density at radius 2 is 1.85 bits per heavy atom. The van der Waals surface area contributed by atoms with Crippen LogP contribution in [0, 0.1) is 0 Å². The van der Waals surface area contributed by atoms with E-state index in [1.165, 1.54) is 11.8 Å². The topological polar surface area (TPSA) is 61.3 Å². The lowest BCUT2D eigenvalue weighted by Gasteiger charge is -2.18. The van der Waals surface area contributed by atoms with E-state index >= 15 is 0 Å². The second-order valence-electron chi connectivity index (χ2n) is 6.75. The molecule has 0 atom stereocenters. The maximum atomic E-state index is 12.7. The van der Waals surface area contributed by atoms with E-state index < -0.39 is 0 Å². The van der Waals surface area contributed by atoms with Gasteiger partial charge in [0.05, 0.1) is 11.3 Å². The summed E-state index contributed by atoms with van der Waals surface area (Å²) in [5.41, 5.74) is 1.58. The molecule has 3 aromatic rings. The van der Waals surface area contributed by atoms with Gasteiger partial charge in [-0.1, -0.05) is 30.0 Å². The number of Topliss-reactive ketones (excluding diaryl/α,β-unsaturated/α-hetero) is 1. The van der Waals surface area contributed by atoms with E-state index in [-0.39, 0.29) is 5.78 Å². The Morgan fingerprint density at radius 1 is 1.04 bits per heavy atom. The van der Waals surface area contributed by atoms with Crippen molar-refractivity contribution >= 4 is 28.4 Å². The smallest absolute Gasteiger partial charge is 0.173 e. The predicted molar refractivity (Wildman–Crippen MR) is 104 cm³/mol. The number of carbonyl (C=O) groups is 1. The molecule has 1 fully saturated rings. The summed E-state index contributed by atoms with van der Waals surface area (Å²) in [4.78, 5) is 22.2. The number of ether oxygens (including phenoxy) is 2. The summed E-state index contributed by atoms with van der Waals surface area (Å²) < 4.78 is 11.1. The minimum atomic E-state index is 0.0487. The lowest BCUT2D eigenvalue weighted by atomic mass is 10.1. The Balaban J connectivity index is 1.38. The zero-order valence-corrected chi connectivity index (χ0v) is 15.5. The lowest BCUT2D eigenvalue weighted by molar-refractivity contribution is 0.102. The zero-order chi connectivity index (χ0) is 18.2. The van der Waals surface area contributed by atoms with Crippen LogP contribution in [0.1, 0.15) is 34.9 Å².